The van der Waals surface area contributed by atoms with Crippen molar-refractivity contribution in [3.05, 3.63) is 51.6 Å². The third kappa shape index (κ3) is 4.84. The van der Waals surface area contributed by atoms with Crippen LogP contribution in [-0.4, -0.2) is 48.1 Å². The summed E-state index contributed by atoms with van der Waals surface area (Å²) in [6.07, 6.45) is 6.50. The molecule has 13 heteroatoms. The van der Waals surface area contributed by atoms with Crippen LogP contribution in [0.5, 0.6) is 0 Å². The highest BCUT2D eigenvalue weighted by Gasteiger charge is 2.48. The second-order valence-electron chi connectivity index (χ2n) is 9.25. The Kier molecular flexibility index (Phi) is 5.91. The maximum Gasteiger partial charge on any atom is 0.276 e. The molecule has 3 heterocycles. The quantitative estimate of drug-likeness (QED) is 0.412. The fraction of sp³-hybridized carbons (Fsp3) is 0.500. The Balaban J connectivity index is 1.35. The monoisotopic (exact) mass is 484 g/mol. The molecule has 2 aliphatic rings. The van der Waals surface area contributed by atoms with Gasteiger partial charge >= 0.3 is 0 Å². The number of anilines is 1. The minimum Gasteiger partial charge on any atom is -0.338 e. The summed E-state index contributed by atoms with van der Waals surface area (Å²) in [4.78, 5) is 40.7. The number of halogens is 1. The van der Waals surface area contributed by atoms with Gasteiger partial charge in [-0.2, -0.15) is 0 Å². The molecule has 0 saturated heterocycles. The second-order valence-corrected chi connectivity index (χ2v) is 9.25. The number of amides is 2. The average Bonchev–Trinajstić information content (AvgIpc) is 3.76. The first-order chi connectivity index (χ1) is 16.8. The van der Waals surface area contributed by atoms with Crippen molar-refractivity contribution in [2.75, 3.05) is 5.32 Å². The molecule has 3 N–H and O–H groups in total. The van der Waals surface area contributed by atoms with Crippen molar-refractivity contribution in [1.82, 2.24) is 35.6 Å². The molecule has 0 aliphatic heterocycles. The predicted molar refractivity (Wildman–Crippen MR) is 119 cm³/mol. The van der Waals surface area contributed by atoms with E-state index in [1.807, 2.05) is 0 Å². The fourth-order valence-corrected chi connectivity index (χ4v) is 4.53. The van der Waals surface area contributed by atoms with Crippen molar-refractivity contribution >= 4 is 17.6 Å². The first kappa shape index (κ1) is 22.9. The normalized spacial score (nSPS) is 17.3. The number of nitrogens with one attached hydrogen (secondary N) is 3. The first-order valence-corrected chi connectivity index (χ1v) is 11.5. The van der Waals surface area contributed by atoms with Crippen LogP contribution >= 0.6 is 0 Å². The molecular formula is C22H25FN8O4. The van der Waals surface area contributed by atoms with Gasteiger partial charge in [-0.15, -0.1) is 5.10 Å². The molecule has 0 aromatic carbocycles. The molecule has 3 aromatic rings. The molecule has 3 aromatic heterocycles. The van der Waals surface area contributed by atoms with E-state index in [0.717, 1.165) is 37.9 Å². The number of aromatic amines is 1. The number of aryl methyl sites for hydroxylation is 1. The van der Waals surface area contributed by atoms with Crippen LogP contribution in [0.4, 0.5) is 10.2 Å². The van der Waals surface area contributed by atoms with Crippen LogP contribution in [0.15, 0.2) is 27.9 Å². The fourth-order valence-electron chi connectivity index (χ4n) is 4.53. The molecule has 2 fully saturated rings. The maximum atomic E-state index is 13.6. The van der Waals surface area contributed by atoms with Gasteiger partial charge in [0.1, 0.15) is 17.6 Å². The molecule has 184 valence electrons. The molecule has 2 saturated carbocycles. The summed E-state index contributed by atoms with van der Waals surface area (Å²) in [6.45, 7) is 3.26. The summed E-state index contributed by atoms with van der Waals surface area (Å²) >= 11 is 0. The zero-order valence-electron chi connectivity index (χ0n) is 19.2. The van der Waals surface area contributed by atoms with Crippen molar-refractivity contribution in [2.24, 2.45) is 17.8 Å². The molecule has 12 nitrogen and oxygen atoms in total. The lowest BCUT2D eigenvalue weighted by Gasteiger charge is -2.26. The van der Waals surface area contributed by atoms with Gasteiger partial charge < -0.3 is 15.6 Å². The molecule has 2 aliphatic carbocycles. The number of pyridine rings is 1. The number of hydrogen-bond acceptors (Lipinski definition) is 8. The van der Waals surface area contributed by atoms with E-state index in [9.17, 15) is 18.8 Å². The first-order valence-electron chi connectivity index (χ1n) is 11.5. The zero-order valence-corrected chi connectivity index (χ0v) is 19.2. The summed E-state index contributed by atoms with van der Waals surface area (Å²) in [5.41, 5.74) is 0.0858. The predicted octanol–water partition coefficient (Wildman–Crippen LogP) is 1.58. The summed E-state index contributed by atoms with van der Waals surface area (Å²) < 4.78 is 19.6. The standard InChI is InChI=1S/C22H25FN8O4/c1-10-18(29-35-28-10)21(33)26-19(17(12-3-4-12)13-5-6-13)22(34)25-16-9-31(30-27-16)11(2)15-7-14(23)8-24-20(15)32/h7-9,11-13,17,19H,3-6H2,1-2H3,(H,24,32)(H,25,34)(H,26,33). The molecule has 35 heavy (non-hydrogen) atoms. The Labute approximate surface area is 198 Å². The molecule has 2 unspecified atom stereocenters. The Bertz CT molecular complexity index is 1300. The van der Waals surface area contributed by atoms with Crippen molar-refractivity contribution in [3.8, 4) is 0 Å². The van der Waals surface area contributed by atoms with E-state index in [2.05, 4.69) is 40.9 Å². The summed E-state index contributed by atoms with van der Waals surface area (Å²) in [6, 6.07) is -0.297. The highest BCUT2D eigenvalue weighted by atomic mass is 19.1. The van der Waals surface area contributed by atoms with Gasteiger partial charge in [-0.3, -0.25) is 14.4 Å². The minimum atomic E-state index is -0.799. The largest absolute Gasteiger partial charge is 0.338 e. The van der Waals surface area contributed by atoms with Crippen LogP contribution in [0.3, 0.4) is 0 Å². The van der Waals surface area contributed by atoms with E-state index in [4.69, 9.17) is 0 Å². The van der Waals surface area contributed by atoms with Gasteiger partial charge in [0, 0.05) is 11.8 Å². The Morgan fingerprint density at radius 1 is 1.23 bits per heavy atom. The van der Waals surface area contributed by atoms with Gasteiger partial charge in [-0.1, -0.05) is 10.4 Å². The molecule has 5 rings (SSSR count). The number of aromatic nitrogens is 6. The maximum absolute atomic E-state index is 13.6. The van der Waals surface area contributed by atoms with Crippen LogP contribution in [-0.2, 0) is 4.79 Å². The number of H-pyrrole nitrogens is 1. The smallest absolute Gasteiger partial charge is 0.276 e. The summed E-state index contributed by atoms with van der Waals surface area (Å²) in [7, 11) is 0. The number of carbonyl (C=O) groups is 2. The van der Waals surface area contributed by atoms with Crippen LogP contribution < -0.4 is 16.2 Å². The van der Waals surface area contributed by atoms with Gasteiger partial charge in [0.05, 0.1) is 12.2 Å². The Morgan fingerprint density at radius 2 is 1.94 bits per heavy atom. The average molecular weight is 484 g/mol. The van der Waals surface area contributed by atoms with E-state index in [1.165, 1.54) is 10.9 Å². The van der Waals surface area contributed by atoms with E-state index >= 15 is 0 Å². The van der Waals surface area contributed by atoms with E-state index in [1.54, 1.807) is 13.8 Å². The molecule has 2 amide bonds. The van der Waals surface area contributed by atoms with E-state index < -0.39 is 35.3 Å². The summed E-state index contributed by atoms with van der Waals surface area (Å²) in [5, 5.41) is 20.8. The third-order valence-corrected chi connectivity index (χ3v) is 6.66. The van der Waals surface area contributed by atoms with E-state index in [0.29, 0.717) is 17.5 Å². The van der Waals surface area contributed by atoms with Crippen LogP contribution in [0.2, 0.25) is 0 Å². The van der Waals surface area contributed by atoms with Crippen LogP contribution in [0.1, 0.15) is 60.4 Å². The molecule has 2 atom stereocenters. The lowest BCUT2D eigenvalue weighted by Crippen LogP contribution is -2.50. The number of rotatable bonds is 9. The number of nitrogens with zero attached hydrogens (tertiary/aromatic N) is 5. The number of hydrogen-bond donors (Lipinski definition) is 3. The SMILES string of the molecule is Cc1nonc1C(=O)NC(C(=O)Nc1cn(C(C)c2cc(F)c[nH]c2=O)nn1)C(C1CC1)C1CC1. The third-order valence-electron chi connectivity index (χ3n) is 6.66. The second kappa shape index (κ2) is 9.04. The zero-order chi connectivity index (χ0) is 24.7. The van der Waals surface area contributed by atoms with Crippen LogP contribution in [0.25, 0.3) is 0 Å². The molecule has 0 bridgehead atoms. The lowest BCUT2D eigenvalue weighted by atomic mass is 9.88. The Morgan fingerprint density at radius 3 is 2.57 bits per heavy atom. The van der Waals surface area contributed by atoms with Crippen molar-refractivity contribution in [3.63, 3.8) is 0 Å². The minimum absolute atomic E-state index is 0.000984. The highest BCUT2D eigenvalue weighted by Crippen LogP contribution is 2.50. The van der Waals surface area contributed by atoms with Gasteiger partial charge in [-0.05, 0) is 68.5 Å². The van der Waals surface area contributed by atoms with E-state index in [-0.39, 0.29) is 23.0 Å². The highest BCUT2D eigenvalue weighted by molar-refractivity contribution is 6.00. The molecule has 0 spiro atoms. The van der Waals surface area contributed by atoms with Gasteiger partial charge in [-0.25, -0.2) is 13.7 Å². The molecule has 0 radical (unpaired) electrons. The van der Waals surface area contributed by atoms with Crippen LogP contribution in [0, 0.1) is 30.5 Å². The topological polar surface area (TPSA) is 161 Å². The van der Waals surface area contributed by atoms with Gasteiger partial charge in [0.2, 0.25) is 5.91 Å². The van der Waals surface area contributed by atoms with Crippen molar-refractivity contribution in [2.45, 2.75) is 51.6 Å². The molecular weight excluding hydrogens is 459 g/mol. The van der Waals surface area contributed by atoms with Gasteiger partial charge in [0.15, 0.2) is 11.5 Å². The van der Waals surface area contributed by atoms with Gasteiger partial charge in [0.25, 0.3) is 11.5 Å². The van der Waals surface area contributed by atoms with Crippen molar-refractivity contribution < 1.29 is 18.6 Å². The van der Waals surface area contributed by atoms with Crippen molar-refractivity contribution in [1.29, 1.82) is 0 Å². The number of carbonyl (C=O) groups excluding carboxylic acids is 2. The Hall–Kier alpha value is -3.90. The lowest BCUT2D eigenvalue weighted by molar-refractivity contribution is -0.119. The summed E-state index contributed by atoms with van der Waals surface area (Å²) in [5.74, 6) is -0.645.